The van der Waals surface area contributed by atoms with Crippen LogP contribution in [0.3, 0.4) is 0 Å². The van der Waals surface area contributed by atoms with Gasteiger partial charge in [-0.2, -0.15) is 4.31 Å². The summed E-state index contributed by atoms with van der Waals surface area (Å²) in [7, 11) is -1.58. The van der Waals surface area contributed by atoms with Gasteiger partial charge in [0.05, 0.1) is 23.6 Å². The van der Waals surface area contributed by atoms with E-state index in [1.807, 2.05) is 12.4 Å². The Morgan fingerprint density at radius 2 is 2.24 bits per heavy atom. The number of nitrogens with zero attached hydrogens (tertiary/aromatic N) is 1. The molecule has 1 aliphatic carbocycles. The Balaban J connectivity index is 1.91. The third-order valence-corrected chi connectivity index (χ3v) is 7.37. The Hall–Kier alpha value is -0.470. The molecule has 1 aromatic heterocycles. The Morgan fingerprint density at radius 1 is 1.43 bits per heavy atom. The molecule has 0 radical (unpaired) electrons. The molecule has 3 rings (SSSR count). The highest BCUT2D eigenvalue weighted by molar-refractivity contribution is 7.89. The zero-order chi connectivity index (χ0) is 14.9. The molecular formula is C14H22N2O3S2. The van der Waals surface area contributed by atoms with Crippen molar-refractivity contribution in [2.45, 2.75) is 49.3 Å². The largest absolute Gasteiger partial charge is 0.375 e. The Morgan fingerprint density at radius 3 is 3.05 bits per heavy atom. The van der Waals surface area contributed by atoms with Crippen molar-refractivity contribution in [2.24, 2.45) is 0 Å². The highest BCUT2D eigenvalue weighted by Crippen LogP contribution is 2.34. The number of rotatable bonds is 4. The SMILES string of the molecule is CNCc1sccc1S(=O)(=O)N1CCOC2CCCCC21. The van der Waals surface area contributed by atoms with Gasteiger partial charge in [-0.3, -0.25) is 0 Å². The van der Waals surface area contributed by atoms with Gasteiger partial charge in [-0.1, -0.05) is 12.8 Å². The van der Waals surface area contributed by atoms with Crippen LogP contribution < -0.4 is 5.32 Å². The fourth-order valence-corrected chi connectivity index (χ4v) is 6.43. The van der Waals surface area contributed by atoms with Crippen LogP contribution in [0.25, 0.3) is 0 Å². The molecule has 0 aromatic carbocycles. The Kier molecular flexibility index (Phi) is 4.66. The molecule has 2 atom stereocenters. The molecule has 118 valence electrons. The van der Waals surface area contributed by atoms with Crippen molar-refractivity contribution in [3.8, 4) is 0 Å². The van der Waals surface area contributed by atoms with Crippen LogP contribution in [-0.2, 0) is 21.3 Å². The van der Waals surface area contributed by atoms with Gasteiger partial charge in [0.1, 0.15) is 0 Å². The molecule has 0 spiro atoms. The van der Waals surface area contributed by atoms with E-state index < -0.39 is 10.0 Å². The molecule has 0 amide bonds. The van der Waals surface area contributed by atoms with Crippen LogP contribution in [0.4, 0.5) is 0 Å². The normalized spacial score (nSPS) is 27.5. The van der Waals surface area contributed by atoms with Gasteiger partial charge in [0.15, 0.2) is 0 Å². The number of sulfonamides is 1. The second kappa shape index (κ2) is 6.34. The average Bonchev–Trinajstić information content (AvgIpc) is 2.96. The van der Waals surface area contributed by atoms with Gasteiger partial charge in [-0.25, -0.2) is 8.42 Å². The van der Waals surface area contributed by atoms with E-state index in [0.717, 1.165) is 30.6 Å². The first-order valence-corrected chi connectivity index (χ1v) is 9.81. The quantitative estimate of drug-likeness (QED) is 0.914. The monoisotopic (exact) mass is 330 g/mol. The van der Waals surface area contributed by atoms with E-state index in [0.29, 0.717) is 24.6 Å². The van der Waals surface area contributed by atoms with Crippen molar-refractivity contribution < 1.29 is 13.2 Å². The van der Waals surface area contributed by atoms with E-state index in [1.54, 1.807) is 10.4 Å². The summed E-state index contributed by atoms with van der Waals surface area (Å²) in [5, 5.41) is 4.90. The van der Waals surface area contributed by atoms with Crippen LogP contribution in [-0.4, -0.2) is 45.1 Å². The zero-order valence-electron chi connectivity index (χ0n) is 12.2. The number of hydrogen-bond acceptors (Lipinski definition) is 5. The molecule has 2 heterocycles. The van der Waals surface area contributed by atoms with Crippen molar-refractivity contribution in [3.63, 3.8) is 0 Å². The minimum atomic E-state index is -3.42. The maximum Gasteiger partial charge on any atom is 0.244 e. The van der Waals surface area contributed by atoms with E-state index >= 15 is 0 Å². The van der Waals surface area contributed by atoms with Gasteiger partial charge in [0.2, 0.25) is 10.0 Å². The predicted octanol–water partition coefficient (Wildman–Crippen LogP) is 1.80. The van der Waals surface area contributed by atoms with Gasteiger partial charge in [-0.15, -0.1) is 11.3 Å². The number of ether oxygens (including phenoxy) is 1. The van der Waals surface area contributed by atoms with Crippen LogP contribution in [0.1, 0.15) is 30.6 Å². The Bertz CT molecular complexity index is 583. The average molecular weight is 330 g/mol. The number of hydrogen-bond donors (Lipinski definition) is 1. The smallest absolute Gasteiger partial charge is 0.244 e. The first-order chi connectivity index (χ1) is 10.1. The van der Waals surface area contributed by atoms with E-state index in [4.69, 9.17) is 4.74 Å². The van der Waals surface area contributed by atoms with Crippen molar-refractivity contribution in [2.75, 3.05) is 20.2 Å². The summed E-state index contributed by atoms with van der Waals surface area (Å²) >= 11 is 1.49. The second-order valence-electron chi connectivity index (χ2n) is 5.62. The minimum absolute atomic E-state index is 0.0137. The second-order valence-corrected chi connectivity index (χ2v) is 8.47. The molecule has 21 heavy (non-hydrogen) atoms. The maximum atomic E-state index is 13.0. The van der Waals surface area contributed by atoms with E-state index in [9.17, 15) is 8.42 Å². The molecule has 2 fully saturated rings. The number of morpholine rings is 1. The molecule has 1 aromatic rings. The molecule has 1 saturated heterocycles. The van der Waals surface area contributed by atoms with Gasteiger partial charge in [0, 0.05) is 18.0 Å². The van der Waals surface area contributed by atoms with Gasteiger partial charge >= 0.3 is 0 Å². The molecule has 0 bridgehead atoms. The summed E-state index contributed by atoms with van der Waals surface area (Å²) in [5.74, 6) is 0. The maximum absolute atomic E-state index is 13.0. The first kappa shape index (κ1) is 15.4. The molecular weight excluding hydrogens is 308 g/mol. The molecule has 5 nitrogen and oxygen atoms in total. The van der Waals surface area contributed by atoms with Gasteiger partial charge in [-0.05, 0) is 31.3 Å². The lowest BCUT2D eigenvalue weighted by atomic mass is 9.91. The van der Waals surface area contributed by atoms with Gasteiger partial charge in [0.25, 0.3) is 0 Å². The molecule has 1 N–H and O–H groups in total. The lowest BCUT2D eigenvalue weighted by molar-refractivity contribution is -0.0586. The standard InChI is InChI=1S/C14H22N2O3S2/c1-15-10-13-14(6-9-20-13)21(17,18)16-7-8-19-12-5-3-2-4-11(12)16/h6,9,11-12,15H,2-5,7-8,10H2,1H3. The molecule has 7 heteroatoms. The predicted molar refractivity (Wildman–Crippen MR) is 83.0 cm³/mol. The first-order valence-electron chi connectivity index (χ1n) is 7.49. The van der Waals surface area contributed by atoms with Crippen molar-refractivity contribution in [3.05, 3.63) is 16.3 Å². The van der Waals surface area contributed by atoms with E-state index in [2.05, 4.69) is 5.32 Å². The summed E-state index contributed by atoms with van der Waals surface area (Å²) in [4.78, 5) is 1.35. The summed E-state index contributed by atoms with van der Waals surface area (Å²) in [6.45, 7) is 1.56. The minimum Gasteiger partial charge on any atom is -0.375 e. The highest BCUT2D eigenvalue weighted by atomic mass is 32.2. The van der Waals surface area contributed by atoms with Crippen LogP contribution in [0.2, 0.25) is 0 Å². The molecule has 2 aliphatic rings. The lowest BCUT2D eigenvalue weighted by Crippen LogP contribution is -2.54. The number of fused-ring (bicyclic) bond motifs is 1. The molecule has 1 saturated carbocycles. The Labute approximate surface area is 130 Å². The van der Waals surface area contributed by atoms with Crippen molar-refractivity contribution >= 4 is 21.4 Å². The van der Waals surface area contributed by atoms with Gasteiger partial charge < -0.3 is 10.1 Å². The topological polar surface area (TPSA) is 58.6 Å². The molecule has 1 aliphatic heterocycles. The van der Waals surface area contributed by atoms with Crippen LogP contribution >= 0.6 is 11.3 Å². The summed E-state index contributed by atoms with van der Waals surface area (Å²) in [6, 6.07) is 1.75. The van der Waals surface area contributed by atoms with Crippen LogP contribution in [0.5, 0.6) is 0 Å². The summed E-state index contributed by atoms with van der Waals surface area (Å²) < 4.78 is 33.6. The highest BCUT2D eigenvalue weighted by Gasteiger charge is 2.41. The molecule has 2 unspecified atom stereocenters. The van der Waals surface area contributed by atoms with Crippen molar-refractivity contribution in [1.29, 1.82) is 0 Å². The fourth-order valence-electron chi connectivity index (χ4n) is 3.33. The number of thiophene rings is 1. The summed E-state index contributed by atoms with van der Waals surface area (Å²) in [5.41, 5.74) is 0. The summed E-state index contributed by atoms with van der Waals surface area (Å²) in [6.07, 6.45) is 4.19. The van der Waals surface area contributed by atoms with E-state index in [-0.39, 0.29) is 12.1 Å². The lowest BCUT2D eigenvalue weighted by Gasteiger charge is -2.42. The van der Waals surface area contributed by atoms with Crippen molar-refractivity contribution in [1.82, 2.24) is 9.62 Å². The zero-order valence-corrected chi connectivity index (χ0v) is 13.9. The number of nitrogens with one attached hydrogen (secondary N) is 1. The van der Waals surface area contributed by atoms with Crippen LogP contribution in [0, 0.1) is 0 Å². The van der Waals surface area contributed by atoms with Crippen LogP contribution in [0.15, 0.2) is 16.3 Å². The fraction of sp³-hybridized carbons (Fsp3) is 0.714. The van der Waals surface area contributed by atoms with E-state index in [1.165, 1.54) is 11.3 Å². The third kappa shape index (κ3) is 2.90. The third-order valence-electron chi connectivity index (χ3n) is 4.31.